The van der Waals surface area contributed by atoms with Gasteiger partial charge in [0, 0.05) is 5.75 Å². The number of carbonyl (C=O) groups excluding carboxylic acids is 1. The van der Waals surface area contributed by atoms with E-state index < -0.39 is 29.0 Å². The molecule has 0 atom stereocenters. The zero-order valence-corrected chi connectivity index (χ0v) is 12.6. The fourth-order valence-electron chi connectivity index (χ4n) is 1.82. The lowest BCUT2D eigenvalue weighted by atomic mass is 10.1. The molecule has 3 nitrogen and oxygen atoms in total. The number of amides is 1. The minimum Gasteiger partial charge on any atom is -0.323 e. The largest absolute Gasteiger partial charge is 0.323 e. The van der Waals surface area contributed by atoms with Crippen molar-refractivity contribution in [1.29, 1.82) is 5.26 Å². The second kappa shape index (κ2) is 7.70. The molecule has 1 amide bonds. The molecule has 2 aromatic carbocycles. The maximum atomic E-state index is 13.4. The van der Waals surface area contributed by atoms with Crippen LogP contribution < -0.4 is 5.32 Å². The standard InChI is InChI=1S/C16H11F3N2OS/c17-12-5-6-13(16(19)15(12)18)21-14(22)9-23-8-11-4-2-1-3-10(11)7-20/h1-6H,8-9H2,(H,21,22). The quantitative estimate of drug-likeness (QED) is 0.844. The molecule has 0 aliphatic carbocycles. The molecule has 0 bridgehead atoms. The van der Waals surface area contributed by atoms with Gasteiger partial charge in [0.2, 0.25) is 5.91 Å². The number of halogens is 3. The van der Waals surface area contributed by atoms with E-state index in [0.29, 0.717) is 11.3 Å². The van der Waals surface area contributed by atoms with E-state index in [1.165, 1.54) is 11.8 Å². The highest BCUT2D eigenvalue weighted by Crippen LogP contribution is 2.20. The van der Waals surface area contributed by atoms with Crippen molar-refractivity contribution in [3.8, 4) is 6.07 Å². The number of nitriles is 1. The van der Waals surface area contributed by atoms with Crippen LogP contribution in [-0.4, -0.2) is 11.7 Å². The summed E-state index contributed by atoms with van der Waals surface area (Å²) in [6.07, 6.45) is 0. The van der Waals surface area contributed by atoms with Crippen LogP contribution in [-0.2, 0) is 10.5 Å². The van der Waals surface area contributed by atoms with Crippen LogP contribution in [0.15, 0.2) is 36.4 Å². The minimum atomic E-state index is -1.63. The molecule has 118 valence electrons. The first kappa shape index (κ1) is 16.9. The number of hydrogen-bond acceptors (Lipinski definition) is 3. The third kappa shape index (κ3) is 4.27. The van der Waals surface area contributed by atoms with Crippen molar-refractivity contribution in [1.82, 2.24) is 0 Å². The summed E-state index contributed by atoms with van der Waals surface area (Å²) in [7, 11) is 0. The summed E-state index contributed by atoms with van der Waals surface area (Å²) in [5, 5.41) is 11.1. The zero-order valence-electron chi connectivity index (χ0n) is 11.8. The van der Waals surface area contributed by atoms with Crippen molar-refractivity contribution in [3.05, 3.63) is 65.0 Å². The van der Waals surface area contributed by atoms with E-state index in [2.05, 4.69) is 11.4 Å². The Balaban J connectivity index is 1.91. The number of hydrogen-bond donors (Lipinski definition) is 1. The second-order valence-corrected chi connectivity index (χ2v) is 5.52. The molecule has 2 aromatic rings. The van der Waals surface area contributed by atoms with E-state index >= 15 is 0 Å². The summed E-state index contributed by atoms with van der Waals surface area (Å²) in [6.45, 7) is 0. The van der Waals surface area contributed by atoms with Crippen molar-refractivity contribution in [2.75, 3.05) is 11.1 Å². The van der Waals surface area contributed by atoms with Crippen LogP contribution in [0.25, 0.3) is 0 Å². The van der Waals surface area contributed by atoms with Crippen LogP contribution in [0.3, 0.4) is 0 Å². The van der Waals surface area contributed by atoms with Gasteiger partial charge in [-0.1, -0.05) is 18.2 Å². The Hall–Kier alpha value is -2.46. The Kier molecular flexibility index (Phi) is 5.66. The van der Waals surface area contributed by atoms with Gasteiger partial charge in [0.15, 0.2) is 17.5 Å². The number of benzene rings is 2. The van der Waals surface area contributed by atoms with E-state index in [9.17, 15) is 18.0 Å². The number of rotatable bonds is 5. The van der Waals surface area contributed by atoms with Crippen LogP contribution >= 0.6 is 11.8 Å². The Morgan fingerprint density at radius 2 is 1.87 bits per heavy atom. The van der Waals surface area contributed by atoms with Crippen molar-refractivity contribution in [2.24, 2.45) is 0 Å². The number of carbonyl (C=O) groups is 1. The van der Waals surface area contributed by atoms with Crippen molar-refractivity contribution in [2.45, 2.75) is 5.75 Å². The first-order valence-corrected chi connectivity index (χ1v) is 7.67. The Bertz CT molecular complexity index is 774. The molecular formula is C16H11F3N2OS. The van der Waals surface area contributed by atoms with Crippen LogP contribution in [0, 0.1) is 28.8 Å². The van der Waals surface area contributed by atoms with Gasteiger partial charge in [-0.3, -0.25) is 4.79 Å². The normalized spacial score (nSPS) is 10.2. The smallest absolute Gasteiger partial charge is 0.234 e. The van der Waals surface area contributed by atoms with Crippen molar-refractivity contribution >= 4 is 23.4 Å². The highest BCUT2D eigenvalue weighted by Gasteiger charge is 2.15. The van der Waals surface area contributed by atoms with Gasteiger partial charge in [0.1, 0.15) is 0 Å². The molecule has 0 radical (unpaired) electrons. The van der Waals surface area contributed by atoms with Gasteiger partial charge in [0.05, 0.1) is 23.1 Å². The van der Waals surface area contributed by atoms with Gasteiger partial charge in [-0.05, 0) is 23.8 Å². The highest BCUT2D eigenvalue weighted by atomic mass is 32.2. The van der Waals surface area contributed by atoms with E-state index in [1.54, 1.807) is 24.3 Å². The van der Waals surface area contributed by atoms with Crippen molar-refractivity contribution < 1.29 is 18.0 Å². The predicted octanol–water partition coefficient (Wildman–Crippen LogP) is 3.85. The van der Waals surface area contributed by atoms with Gasteiger partial charge in [0.25, 0.3) is 0 Å². The van der Waals surface area contributed by atoms with Gasteiger partial charge in [-0.2, -0.15) is 5.26 Å². The second-order valence-electron chi connectivity index (χ2n) is 4.53. The summed E-state index contributed by atoms with van der Waals surface area (Å²) in [5.41, 5.74) is 0.894. The summed E-state index contributed by atoms with van der Waals surface area (Å²) in [6, 6.07) is 10.7. The average Bonchev–Trinajstić information content (AvgIpc) is 2.56. The Morgan fingerprint density at radius 1 is 1.13 bits per heavy atom. The van der Waals surface area contributed by atoms with Crippen LogP contribution in [0.2, 0.25) is 0 Å². The summed E-state index contributed by atoms with van der Waals surface area (Å²) in [5.74, 6) is -4.51. The molecule has 0 aromatic heterocycles. The molecule has 0 saturated carbocycles. The molecule has 1 N–H and O–H groups in total. The highest BCUT2D eigenvalue weighted by molar-refractivity contribution is 7.99. The minimum absolute atomic E-state index is 0.0157. The average molecular weight is 336 g/mol. The van der Waals surface area contributed by atoms with Gasteiger partial charge in [-0.15, -0.1) is 11.8 Å². The Labute approximate surface area is 135 Å². The number of nitrogens with one attached hydrogen (secondary N) is 1. The fraction of sp³-hybridized carbons (Fsp3) is 0.125. The molecule has 2 rings (SSSR count). The lowest BCUT2D eigenvalue weighted by molar-refractivity contribution is -0.113. The molecule has 23 heavy (non-hydrogen) atoms. The summed E-state index contributed by atoms with van der Waals surface area (Å²) >= 11 is 1.22. The number of nitrogens with zero attached hydrogens (tertiary/aromatic N) is 1. The topological polar surface area (TPSA) is 52.9 Å². The van der Waals surface area contributed by atoms with Crippen molar-refractivity contribution in [3.63, 3.8) is 0 Å². The maximum Gasteiger partial charge on any atom is 0.234 e. The number of anilines is 1. The number of thioether (sulfide) groups is 1. The summed E-state index contributed by atoms with van der Waals surface area (Å²) in [4.78, 5) is 11.7. The molecule has 0 aliphatic heterocycles. The van der Waals surface area contributed by atoms with Crippen LogP contribution in [0.1, 0.15) is 11.1 Å². The molecule has 0 fully saturated rings. The maximum absolute atomic E-state index is 13.4. The SMILES string of the molecule is N#Cc1ccccc1CSCC(=O)Nc1ccc(F)c(F)c1F. The molecule has 7 heteroatoms. The lowest BCUT2D eigenvalue weighted by Gasteiger charge is -2.07. The molecule has 0 heterocycles. The van der Waals surface area contributed by atoms with Gasteiger partial charge < -0.3 is 5.32 Å². The molecule has 0 spiro atoms. The lowest BCUT2D eigenvalue weighted by Crippen LogP contribution is -2.16. The third-order valence-corrected chi connectivity index (χ3v) is 3.92. The van der Waals surface area contributed by atoms with Gasteiger partial charge in [-0.25, -0.2) is 13.2 Å². The summed E-state index contributed by atoms with van der Waals surface area (Å²) < 4.78 is 39.3. The first-order chi connectivity index (χ1) is 11.0. The monoisotopic (exact) mass is 336 g/mol. The van der Waals surface area contributed by atoms with E-state index in [4.69, 9.17) is 5.26 Å². The molecular weight excluding hydrogens is 325 g/mol. The van der Waals surface area contributed by atoms with Gasteiger partial charge >= 0.3 is 0 Å². The molecule has 0 aliphatic rings. The Morgan fingerprint density at radius 3 is 2.61 bits per heavy atom. The zero-order chi connectivity index (χ0) is 16.8. The fourth-order valence-corrected chi connectivity index (χ4v) is 2.65. The van der Waals surface area contributed by atoms with E-state index in [1.807, 2.05) is 0 Å². The molecule has 0 unspecified atom stereocenters. The molecule has 0 saturated heterocycles. The first-order valence-electron chi connectivity index (χ1n) is 6.52. The predicted molar refractivity (Wildman–Crippen MR) is 82.3 cm³/mol. The third-order valence-electron chi connectivity index (χ3n) is 2.94. The van der Waals surface area contributed by atoms with E-state index in [0.717, 1.165) is 17.7 Å². The van der Waals surface area contributed by atoms with Crippen LogP contribution in [0.5, 0.6) is 0 Å². The van der Waals surface area contributed by atoms with Crippen LogP contribution in [0.4, 0.5) is 18.9 Å². The van der Waals surface area contributed by atoms with E-state index in [-0.39, 0.29) is 5.75 Å².